The predicted octanol–water partition coefficient (Wildman–Crippen LogP) is 14.3. The fourth-order valence-electron chi connectivity index (χ4n) is 7.85. The Balaban J connectivity index is 1.15. The third-order valence-corrected chi connectivity index (χ3v) is 10.4. The lowest BCUT2D eigenvalue weighted by atomic mass is 9.93. The van der Waals surface area contributed by atoms with Crippen LogP contribution in [0.4, 0.5) is 17.1 Å². The normalized spacial score (nSPS) is 11.5. The maximum Gasteiger partial charge on any atom is 0.0468 e. The van der Waals surface area contributed by atoms with Gasteiger partial charge in [-0.3, -0.25) is 0 Å². The number of hydrogen-bond acceptors (Lipinski definition) is 1. The standard InChI is InChI=1S/C50H33N/c1-2-9-34(10-3-1)41-14-8-15-45(32-41)51(44-27-25-36(26-28-44)42-23-17-35-11-4-5-13-40(35)31-42)46-29-30-48-43(33-46)24-22-39-21-20-38-19-18-37-12-6-7-16-47(37)49(38)50(39)48/h1-33H. The van der Waals surface area contributed by atoms with Gasteiger partial charge in [0.25, 0.3) is 0 Å². The second kappa shape index (κ2) is 12.0. The minimum absolute atomic E-state index is 1.11. The summed E-state index contributed by atoms with van der Waals surface area (Å²) in [5.41, 5.74) is 8.16. The van der Waals surface area contributed by atoms with Crippen molar-refractivity contribution in [3.8, 4) is 22.3 Å². The number of rotatable bonds is 5. The van der Waals surface area contributed by atoms with Crippen LogP contribution >= 0.6 is 0 Å². The topological polar surface area (TPSA) is 3.24 Å². The molecule has 0 saturated heterocycles. The van der Waals surface area contributed by atoms with E-state index in [1.165, 1.54) is 76.1 Å². The highest BCUT2D eigenvalue weighted by Gasteiger charge is 2.16. The SMILES string of the molecule is c1ccc(-c2cccc(N(c3ccc(-c4ccc5ccccc5c4)cc3)c3ccc4c(ccc5ccc6ccc7ccccc7c6c54)c3)c2)cc1. The van der Waals surface area contributed by atoms with Gasteiger partial charge in [-0.1, -0.05) is 158 Å². The molecule has 0 unspecified atom stereocenters. The largest absolute Gasteiger partial charge is 0.310 e. The van der Waals surface area contributed by atoms with Crippen LogP contribution in [0, 0.1) is 0 Å². The lowest BCUT2D eigenvalue weighted by Gasteiger charge is -2.27. The number of fused-ring (bicyclic) bond motifs is 8. The Labute approximate surface area is 297 Å². The minimum atomic E-state index is 1.11. The Hall–Kier alpha value is -6.70. The molecule has 10 rings (SSSR count). The number of hydrogen-bond donors (Lipinski definition) is 0. The van der Waals surface area contributed by atoms with Gasteiger partial charge in [0, 0.05) is 17.1 Å². The zero-order valence-electron chi connectivity index (χ0n) is 28.0. The van der Waals surface area contributed by atoms with Crippen LogP contribution in [0.3, 0.4) is 0 Å². The molecular formula is C50H33N. The van der Waals surface area contributed by atoms with E-state index in [1.807, 2.05) is 0 Å². The van der Waals surface area contributed by atoms with E-state index < -0.39 is 0 Å². The van der Waals surface area contributed by atoms with Crippen LogP contribution in [0.2, 0.25) is 0 Å². The summed E-state index contributed by atoms with van der Waals surface area (Å²) < 4.78 is 0. The number of nitrogens with zero attached hydrogens (tertiary/aromatic N) is 1. The van der Waals surface area contributed by atoms with E-state index in [-0.39, 0.29) is 0 Å². The highest BCUT2D eigenvalue weighted by molar-refractivity contribution is 6.27. The molecule has 1 nitrogen and oxygen atoms in total. The molecule has 0 aliphatic rings. The molecule has 0 heterocycles. The molecule has 0 atom stereocenters. The molecule has 0 N–H and O–H groups in total. The Bertz CT molecular complexity index is 2900. The predicted molar refractivity (Wildman–Crippen MR) is 220 cm³/mol. The van der Waals surface area contributed by atoms with Gasteiger partial charge in [-0.05, 0) is 119 Å². The van der Waals surface area contributed by atoms with Crippen molar-refractivity contribution in [1.29, 1.82) is 0 Å². The monoisotopic (exact) mass is 647 g/mol. The maximum atomic E-state index is 2.39. The molecule has 0 aliphatic carbocycles. The number of benzene rings is 10. The van der Waals surface area contributed by atoms with E-state index in [4.69, 9.17) is 0 Å². The van der Waals surface area contributed by atoms with Gasteiger partial charge in [0.05, 0.1) is 0 Å². The Morgan fingerprint density at radius 1 is 0.235 bits per heavy atom. The van der Waals surface area contributed by atoms with Crippen molar-refractivity contribution in [2.75, 3.05) is 4.90 Å². The third-order valence-electron chi connectivity index (χ3n) is 10.4. The Morgan fingerprint density at radius 2 is 0.745 bits per heavy atom. The van der Waals surface area contributed by atoms with Gasteiger partial charge in [0.2, 0.25) is 0 Å². The van der Waals surface area contributed by atoms with E-state index in [0.717, 1.165) is 17.1 Å². The average Bonchev–Trinajstić information content (AvgIpc) is 3.21. The molecule has 0 amide bonds. The zero-order chi connectivity index (χ0) is 33.7. The summed E-state index contributed by atoms with van der Waals surface area (Å²) in [5.74, 6) is 0. The van der Waals surface area contributed by atoms with Crippen molar-refractivity contribution < 1.29 is 0 Å². The van der Waals surface area contributed by atoms with Crippen molar-refractivity contribution in [3.05, 3.63) is 200 Å². The second-order valence-electron chi connectivity index (χ2n) is 13.4. The molecule has 1 heteroatoms. The van der Waals surface area contributed by atoms with Crippen molar-refractivity contribution in [1.82, 2.24) is 0 Å². The first-order valence-electron chi connectivity index (χ1n) is 17.6. The van der Waals surface area contributed by atoms with E-state index in [9.17, 15) is 0 Å². The molecule has 10 aromatic carbocycles. The third kappa shape index (κ3) is 5.10. The maximum absolute atomic E-state index is 2.39. The molecule has 0 spiro atoms. The van der Waals surface area contributed by atoms with Crippen molar-refractivity contribution in [3.63, 3.8) is 0 Å². The lowest BCUT2D eigenvalue weighted by Crippen LogP contribution is -2.10. The summed E-state index contributed by atoms with van der Waals surface area (Å²) in [7, 11) is 0. The molecule has 0 aliphatic heterocycles. The fraction of sp³-hybridized carbons (Fsp3) is 0. The molecule has 0 bridgehead atoms. The molecule has 0 aromatic heterocycles. The van der Waals surface area contributed by atoms with Gasteiger partial charge < -0.3 is 4.90 Å². The summed E-state index contributed by atoms with van der Waals surface area (Å²) in [6, 6.07) is 73.1. The summed E-state index contributed by atoms with van der Waals surface area (Å²) >= 11 is 0. The van der Waals surface area contributed by atoms with Gasteiger partial charge in [-0.2, -0.15) is 0 Å². The summed E-state index contributed by atoms with van der Waals surface area (Å²) in [5, 5.41) is 12.7. The van der Waals surface area contributed by atoms with Crippen molar-refractivity contribution >= 4 is 70.9 Å². The van der Waals surface area contributed by atoms with E-state index in [2.05, 4.69) is 205 Å². The van der Waals surface area contributed by atoms with Crippen LogP contribution < -0.4 is 4.90 Å². The molecular weight excluding hydrogens is 615 g/mol. The summed E-state index contributed by atoms with van der Waals surface area (Å²) in [6.07, 6.45) is 0. The smallest absolute Gasteiger partial charge is 0.0468 e. The Kier molecular flexibility index (Phi) is 6.89. The second-order valence-corrected chi connectivity index (χ2v) is 13.4. The molecule has 238 valence electrons. The molecule has 0 saturated carbocycles. The van der Waals surface area contributed by atoms with Crippen LogP contribution in [0.1, 0.15) is 0 Å². The van der Waals surface area contributed by atoms with E-state index in [1.54, 1.807) is 0 Å². The minimum Gasteiger partial charge on any atom is -0.310 e. The van der Waals surface area contributed by atoms with Crippen LogP contribution in [0.25, 0.3) is 76.1 Å². The molecule has 51 heavy (non-hydrogen) atoms. The summed E-state index contributed by atoms with van der Waals surface area (Å²) in [4.78, 5) is 2.39. The van der Waals surface area contributed by atoms with E-state index >= 15 is 0 Å². The van der Waals surface area contributed by atoms with Crippen molar-refractivity contribution in [2.45, 2.75) is 0 Å². The first-order chi connectivity index (χ1) is 25.3. The molecule has 0 radical (unpaired) electrons. The number of anilines is 3. The van der Waals surface area contributed by atoms with Crippen LogP contribution in [-0.4, -0.2) is 0 Å². The van der Waals surface area contributed by atoms with Crippen molar-refractivity contribution in [2.24, 2.45) is 0 Å². The first kappa shape index (κ1) is 29.2. The summed E-state index contributed by atoms with van der Waals surface area (Å²) in [6.45, 7) is 0. The van der Waals surface area contributed by atoms with Crippen LogP contribution in [0.15, 0.2) is 200 Å². The van der Waals surface area contributed by atoms with Gasteiger partial charge in [-0.15, -0.1) is 0 Å². The van der Waals surface area contributed by atoms with E-state index in [0.29, 0.717) is 0 Å². The van der Waals surface area contributed by atoms with Crippen LogP contribution in [-0.2, 0) is 0 Å². The highest BCUT2D eigenvalue weighted by atomic mass is 15.1. The quantitative estimate of drug-likeness (QED) is 0.168. The van der Waals surface area contributed by atoms with Gasteiger partial charge in [0.15, 0.2) is 0 Å². The Morgan fingerprint density at radius 3 is 1.53 bits per heavy atom. The molecule has 10 aromatic rings. The van der Waals surface area contributed by atoms with Gasteiger partial charge in [-0.25, -0.2) is 0 Å². The van der Waals surface area contributed by atoms with Gasteiger partial charge >= 0.3 is 0 Å². The highest BCUT2D eigenvalue weighted by Crippen LogP contribution is 2.42. The van der Waals surface area contributed by atoms with Crippen LogP contribution in [0.5, 0.6) is 0 Å². The zero-order valence-corrected chi connectivity index (χ0v) is 28.0. The fourth-order valence-corrected chi connectivity index (χ4v) is 7.85. The van der Waals surface area contributed by atoms with Gasteiger partial charge in [0.1, 0.15) is 0 Å². The molecule has 0 fully saturated rings. The average molecular weight is 648 g/mol. The first-order valence-corrected chi connectivity index (χ1v) is 17.6. The lowest BCUT2D eigenvalue weighted by molar-refractivity contribution is 1.29.